The minimum Gasteiger partial charge on any atom is -0.379 e. The van der Waals surface area contributed by atoms with Crippen LogP contribution in [0.4, 0.5) is 5.69 Å². The van der Waals surface area contributed by atoms with Crippen LogP contribution in [0.3, 0.4) is 0 Å². The molecule has 0 radical (unpaired) electrons. The smallest absolute Gasteiger partial charge is 0.227 e. The Morgan fingerprint density at radius 3 is 2.92 bits per heavy atom. The number of nitrogens with zero attached hydrogens (tertiary/aromatic N) is 1. The van der Waals surface area contributed by atoms with Crippen LogP contribution in [0, 0.1) is 11.8 Å². The summed E-state index contributed by atoms with van der Waals surface area (Å²) in [7, 11) is 0. The van der Waals surface area contributed by atoms with E-state index in [0.717, 1.165) is 62.5 Å². The van der Waals surface area contributed by atoms with Crippen LogP contribution < -0.4 is 16.0 Å². The second kappa shape index (κ2) is 10.6. The van der Waals surface area contributed by atoms with Gasteiger partial charge in [-0.15, -0.1) is 0 Å². The predicted molar refractivity (Wildman–Crippen MR) is 151 cm³/mol. The molecule has 192 valence electrons. The number of unbranched alkanes of at least 4 members (excludes halogenated alkanes) is 1. The Morgan fingerprint density at radius 1 is 1.11 bits per heavy atom. The lowest BCUT2D eigenvalue weighted by Gasteiger charge is -2.25. The van der Waals surface area contributed by atoms with Crippen molar-refractivity contribution in [2.75, 3.05) is 25.0 Å². The SMILES string of the molecule is CCCCc1cccc(NC(=O)C2CCc3ccc(C4C[C@@H]4C4=CCNC(C5=NCCN5)=C4)cc3C2)c1. The van der Waals surface area contributed by atoms with Gasteiger partial charge in [-0.25, -0.2) is 0 Å². The van der Waals surface area contributed by atoms with Crippen molar-refractivity contribution in [1.82, 2.24) is 10.6 Å². The van der Waals surface area contributed by atoms with E-state index >= 15 is 0 Å². The number of amides is 1. The molecule has 5 nitrogen and oxygen atoms in total. The van der Waals surface area contributed by atoms with Crippen molar-refractivity contribution < 1.29 is 4.79 Å². The van der Waals surface area contributed by atoms with E-state index < -0.39 is 0 Å². The van der Waals surface area contributed by atoms with Crippen LogP contribution in [0.2, 0.25) is 0 Å². The first kappa shape index (κ1) is 24.0. The third kappa shape index (κ3) is 5.36. The quantitative estimate of drug-likeness (QED) is 0.467. The van der Waals surface area contributed by atoms with E-state index in [-0.39, 0.29) is 11.8 Å². The number of anilines is 1. The second-order valence-corrected chi connectivity index (χ2v) is 11.0. The molecule has 4 aliphatic rings. The van der Waals surface area contributed by atoms with Gasteiger partial charge in [-0.1, -0.05) is 49.8 Å². The largest absolute Gasteiger partial charge is 0.379 e. The lowest BCUT2D eigenvalue weighted by atomic mass is 9.82. The minimum atomic E-state index is 0.0364. The van der Waals surface area contributed by atoms with Gasteiger partial charge in [0.05, 0.1) is 12.2 Å². The summed E-state index contributed by atoms with van der Waals surface area (Å²) in [6.07, 6.45) is 12.0. The van der Waals surface area contributed by atoms with Crippen molar-refractivity contribution in [1.29, 1.82) is 0 Å². The number of carbonyl (C=O) groups is 1. The van der Waals surface area contributed by atoms with Gasteiger partial charge in [-0.05, 0) is 96.4 Å². The van der Waals surface area contributed by atoms with Crippen molar-refractivity contribution in [3.8, 4) is 0 Å². The second-order valence-electron chi connectivity index (χ2n) is 11.0. The fourth-order valence-electron chi connectivity index (χ4n) is 6.14. The molecule has 1 saturated carbocycles. The molecule has 2 heterocycles. The van der Waals surface area contributed by atoms with Crippen LogP contribution in [0.15, 0.2) is 70.9 Å². The maximum absolute atomic E-state index is 13.2. The molecule has 0 bridgehead atoms. The summed E-state index contributed by atoms with van der Waals surface area (Å²) in [5.41, 5.74) is 9.02. The van der Waals surface area contributed by atoms with Gasteiger partial charge >= 0.3 is 0 Å². The van der Waals surface area contributed by atoms with Crippen molar-refractivity contribution in [3.63, 3.8) is 0 Å². The van der Waals surface area contributed by atoms with Crippen molar-refractivity contribution >= 4 is 17.4 Å². The van der Waals surface area contributed by atoms with E-state index in [1.807, 2.05) is 6.07 Å². The average Bonchev–Trinajstić information content (AvgIpc) is 3.55. The Bertz CT molecular complexity index is 1270. The van der Waals surface area contributed by atoms with Gasteiger partial charge in [0.25, 0.3) is 0 Å². The lowest BCUT2D eigenvalue weighted by molar-refractivity contribution is -0.120. The Kier molecular flexibility index (Phi) is 6.86. The topological polar surface area (TPSA) is 65.5 Å². The number of benzene rings is 2. The number of hydrogen-bond donors (Lipinski definition) is 3. The maximum atomic E-state index is 13.2. The van der Waals surface area contributed by atoms with E-state index in [0.29, 0.717) is 11.8 Å². The number of hydrogen-bond acceptors (Lipinski definition) is 4. The number of dihydropyridines is 1. The summed E-state index contributed by atoms with van der Waals surface area (Å²) in [5, 5.41) is 10.1. The number of rotatable bonds is 8. The number of aryl methyl sites for hydroxylation is 2. The maximum Gasteiger partial charge on any atom is 0.227 e. The van der Waals surface area contributed by atoms with Crippen molar-refractivity contribution in [3.05, 3.63) is 88.1 Å². The molecule has 0 aromatic heterocycles. The molecule has 0 saturated heterocycles. The molecule has 2 aliphatic heterocycles. The van der Waals surface area contributed by atoms with E-state index in [1.165, 1.54) is 47.1 Å². The van der Waals surface area contributed by atoms with E-state index in [9.17, 15) is 4.79 Å². The highest BCUT2D eigenvalue weighted by atomic mass is 16.1. The highest BCUT2D eigenvalue weighted by Gasteiger charge is 2.41. The molecule has 2 unspecified atom stereocenters. The summed E-state index contributed by atoms with van der Waals surface area (Å²) in [6.45, 7) is 4.87. The highest BCUT2D eigenvalue weighted by Crippen LogP contribution is 2.53. The molecule has 6 rings (SSSR count). The zero-order valence-electron chi connectivity index (χ0n) is 21.9. The average molecular weight is 495 g/mol. The fraction of sp³-hybridized carbons (Fsp3) is 0.438. The first-order valence-corrected chi connectivity index (χ1v) is 14.1. The van der Waals surface area contributed by atoms with Crippen LogP contribution in [0.25, 0.3) is 0 Å². The molecule has 3 atom stereocenters. The summed E-state index contributed by atoms with van der Waals surface area (Å²) in [4.78, 5) is 17.8. The fourth-order valence-corrected chi connectivity index (χ4v) is 6.14. The van der Waals surface area contributed by atoms with Crippen LogP contribution in [0.1, 0.15) is 60.8 Å². The summed E-state index contributed by atoms with van der Waals surface area (Å²) in [5.74, 6) is 2.36. The zero-order valence-corrected chi connectivity index (χ0v) is 21.9. The van der Waals surface area contributed by atoms with Gasteiger partial charge < -0.3 is 16.0 Å². The number of allylic oxidation sites excluding steroid dienone is 2. The number of fused-ring (bicyclic) bond motifs is 1. The number of amidine groups is 1. The van der Waals surface area contributed by atoms with Crippen LogP contribution in [-0.4, -0.2) is 31.4 Å². The molecular weight excluding hydrogens is 456 g/mol. The molecule has 0 spiro atoms. The van der Waals surface area contributed by atoms with E-state index in [4.69, 9.17) is 0 Å². The Balaban J connectivity index is 1.10. The van der Waals surface area contributed by atoms with Gasteiger partial charge in [-0.2, -0.15) is 0 Å². The Labute approximate surface area is 220 Å². The molecule has 37 heavy (non-hydrogen) atoms. The number of nitrogens with one attached hydrogen (secondary N) is 3. The summed E-state index contributed by atoms with van der Waals surface area (Å²) < 4.78 is 0. The van der Waals surface area contributed by atoms with Crippen LogP contribution in [-0.2, 0) is 24.1 Å². The molecular formula is C32H38N4O. The Morgan fingerprint density at radius 2 is 2.05 bits per heavy atom. The minimum absolute atomic E-state index is 0.0364. The van der Waals surface area contributed by atoms with Gasteiger partial charge in [0, 0.05) is 24.7 Å². The zero-order chi connectivity index (χ0) is 25.2. The van der Waals surface area contributed by atoms with Gasteiger partial charge in [0.2, 0.25) is 5.91 Å². The number of carbonyl (C=O) groups excluding carboxylic acids is 1. The third-order valence-electron chi connectivity index (χ3n) is 8.36. The summed E-state index contributed by atoms with van der Waals surface area (Å²) in [6, 6.07) is 15.4. The van der Waals surface area contributed by atoms with Gasteiger partial charge in [0.15, 0.2) is 0 Å². The molecule has 2 aromatic rings. The first-order valence-electron chi connectivity index (χ1n) is 14.1. The van der Waals surface area contributed by atoms with Crippen molar-refractivity contribution in [2.24, 2.45) is 16.8 Å². The van der Waals surface area contributed by atoms with E-state index in [1.54, 1.807) is 0 Å². The van der Waals surface area contributed by atoms with Crippen LogP contribution in [0.5, 0.6) is 0 Å². The molecule has 1 fully saturated rings. The van der Waals surface area contributed by atoms with Gasteiger partial charge in [-0.3, -0.25) is 9.79 Å². The molecule has 2 aliphatic carbocycles. The highest BCUT2D eigenvalue weighted by molar-refractivity contribution is 5.99. The first-order chi connectivity index (χ1) is 18.2. The molecule has 5 heteroatoms. The normalized spacial score (nSPS) is 24.1. The van der Waals surface area contributed by atoms with Gasteiger partial charge in [0.1, 0.15) is 5.84 Å². The Hall–Kier alpha value is -3.34. The summed E-state index contributed by atoms with van der Waals surface area (Å²) >= 11 is 0. The third-order valence-corrected chi connectivity index (χ3v) is 8.36. The molecule has 2 aromatic carbocycles. The lowest BCUT2D eigenvalue weighted by Crippen LogP contribution is -2.31. The molecule has 1 amide bonds. The molecule has 3 N–H and O–H groups in total. The van der Waals surface area contributed by atoms with Crippen molar-refractivity contribution in [2.45, 2.75) is 57.8 Å². The standard InChI is InChI=1S/C32H38N4O/c1-2-3-5-21-6-4-7-27(16-21)36-32(37)25-11-9-22-8-10-23(17-26(22)18-25)28-20-29(28)24-12-13-33-30(19-24)31-34-14-15-35-31/h4,6-8,10,12,16-17,19,25,28-29,33H,2-3,5,9,11,13-15,18,20H2,1H3,(H,34,35)(H,36,37)/t25?,28?,29-/m1/s1. The monoisotopic (exact) mass is 494 g/mol. The number of aliphatic imine (C=N–C) groups is 1. The van der Waals surface area contributed by atoms with E-state index in [2.05, 4.69) is 76.4 Å². The predicted octanol–water partition coefficient (Wildman–Crippen LogP) is 5.29. The van der Waals surface area contributed by atoms with Crippen LogP contribution >= 0.6 is 0 Å².